The number of piperidine rings is 1. The predicted octanol–water partition coefficient (Wildman–Crippen LogP) is 3.51. The van der Waals surface area contributed by atoms with E-state index in [2.05, 4.69) is 35.2 Å². The Kier molecular flexibility index (Phi) is 5.97. The normalized spacial score (nSPS) is 20.0. The van der Waals surface area contributed by atoms with Crippen LogP contribution < -0.4 is 4.90 Å². The number of anilines is 1. The van der Waals surface area contributed by atoms with Gasteiger partial charge in [-0.25, -0.2) is 0 Å². The van der Waals surface area contributed by atoms with E-state index in [9.17, 15) is 4.79 Å². The lowest BCUT2D eigenvalue weighted by Crippen LogP contribution is -2.58. The number of para-hydroxylation sites is 1. The number of nitrogens with zero attached hydrogens (tertiary/aromatic N) is 2. The lowest BCUT2D eigenvalue weighted by Gasteiger charge is -2.47. The van der Waals surface area contributed by atoms with Crippen LogP contribution in [0.1, 0.15) is 18.4 Å². The first-order valence-electron chi connectivity index (χ1n) is 9.00. The van der Waals surface area contributed by atoms with Gasteiger partial charge in [0.05, 0.1) is 12.1 Å². The van der Waals surface area contributed by atoms with Crippen molar-refractivity contribution < 1.29 is 9.53 Å². The van der Waals surface area contributed by atoms with Crippen LogP contribution in [0.2, 0.25) is 0 Å². The molecule has 2 aromatic rings. The van der Waals surface area contributed by atoms with Crippen LogP contribution in [0.5, 0.6) is 0 Å². The Hall–Kier alpha value is -1.88. The Labute approximate surface area is 161 Å². The third-order valence-corrected chi connectivity index (χ3v) is 5.33. The maximum absolute atomic E-state index is 12.3. The summed E-state index contributed by atoms with van der Waals surface area (Å²) in [5.74, 6) is 0.0588. The summed E-state index contributed by atoms with van der Waals surface area (Å²) in [7, 11) is 0. The minimum atomic E-state index is -0.197. The Morgan fingerprint density at radius 1 is 0.923 bits per heavy atom. The molecule has 0 unspecified atom stereocenters. The van der Waals surface area contributed by atoms with Crippen LogP contribution in [0.25, 0.3) is 0 Å². The van der Waals surface area contributed by atoms with E-state index in [1.54, 1.807) is 0 Å². The molecule has 26 heavy (non-hydrogen) atoms. The smallest absolute Gasteiger partial charge is 0.253 e. The molecule has 4 rings (SSSR count). The van der Waals surface area contributed by atoms with Gasteiger partial charge < -0.3 is 9.64 Å². The molecule has 1 spiro atoms. The molecular weight excluding hydrogens is 348 g/mol. The molecule has 0 saturated carbocycles. The van der Waals surface area contributed by atoms with E-state index in [0.717, 1.165) is 38.2 Å². The van der Waals surface area contributed by atoms with E-state index in [1.165, 1.54) is 5.56 Å². The van der Waals surface area contributed by atoms with Gasteiger partial charge in [-0.05, 0) is 30.5 Å². The van der Waals surface area contributed by atoms with Gasteiger partial charge in [0.2, 0.25) is 0 Å². The molecule has 5 heteroatoms. The number of likely N-dealkylation sites (tertiary alicyclic amines) is 1. The summed E-state index contributed by atoms with van der Waals surface area (Å²) >= 11 is 0. The Morgan fingerprint density at radius 2 is 1.54 bits per heavy atom. The van der Waals surface area contributed by atoms with Gasteiger partial charge in [0, 0.05) is 25.3 Å². The van der Waals surface area contributed by atoms with E-state index in [-0.39, 0.29) is 30.5 Å². The van der Waals surface area contributed by atoms with Crippen LogP contribution in [-0.2, 0) is 16.1 Å². The van der Waals surface area contributed by atoms with Crippen molar-refractivity contribution in [3.05, 3.63) is 66.2 Å². The van der Waals surface area contributed by atoms with Crippen molar-refractivity contribution in [1.82, 2.24) is 4.90 Å². The molecule has 0 atom stereocenters. The highest BCUT2D eigenvalue weighted by Crippen LogP contribution is 2.33. The number of ether oxygens (including phenoxy) is 1. The Balaban J connectivity index is 0.00000196. The van der Waals surface area contributed by atoms with Gasteiger partial charge in [-0.1, -0.05) is 48.5 Å². The molecule has 0 bridgehead atoms. The number of rotatable bonds is 3. The number of halogens is 1. The van der Waals surface area contributed by atoms with Gasteiger partial charge in [-0.2, -0.15) is 0 Å². The summed E-state index contributed by atoms with van der Waals surface area (Å²) in [4.78, 5) is 16.7. The van der Waals surface area contributed by atoms with E-state index in [1.807, 2.05) is 35.2 Å². The SMILES string of the molecule is Cl.O=C1COC2(CCN(Cc3ccccc3)CC2)CN1c1ccccc1. The molecule has 0 aromatic heterocycles. The monoisotopic (exact) mass is 372 g/mol. The number of morpholine rings is 1. The third-order valence-electron chi connectivity index (χ3n) is 5.33. The fourth-order valence-electron chi connectivity index (χ4n) is 3.82. The second-order valence-electron chi connectivity index (χ2n) is 7.05. The van der Waals surface area contributed by atoms with Crippen molar-refractivity contribution in [2.75, 3.05) is 31.1 Å². The molecule has 0 aliphatic carbocycles. The molecule has 2 saturated heterocycles. The largest absolute Gasteiger partial charge is 0.363 e. The molecule has 2 fully saturated rings. The minimum Gasteiger partial charge on any atom is -0.363 e. The first-order valence-corrected chi connectivity index (χ1v) is 9.00. The molecule has 2 aliphatic heterocycles. The molecule has 2 aromatic carbocycles. The first-order chi connectivity index (χ1) is 12.2. The van der Waals surface area contributed by atoms with Crippen LogP contribution in [0.4, 0.5) is 5.69 Å². The maximum atomic E-state index is 12.3. The third kappa shape index (κ3) is 4.09. The van der Waals surface area contributed by atoms with Crippen molar-refractivity contribution in [1.29, 1.82) is 0 Å². The second-order valence-corrected chi connectivity index (χ2v) is 7.05. The number of benzene rings is 2. The van der Waals surface area contributed by atoms with E-state index < -0.39 is 0 Å². The molecule has 1 amide bonds. The van der Waals surface area contributed by atoms with Gasteiger partial charge in [0.15, 0.2) is 0 Å². The topological polar surface area (TPSA) is 32.8 Å². The van der Waals surface area contributed by atoms with E-state index in [4.69, 9.17) is 4.74 Å². The highest BCUT2D eigenvalue weighted by Gasteiger charge is 2.42. The van der Waals surface area contributed by atoms with Crippen molar-refractivity contribution in [3.63, 3.8) is 0 Å². The lowest BCUT2D eigenvalue weighted by molar-refractivity contribution is -0.144. The first kappa shape index (κ1) is 18.9. The van der Waals surface area contributed by atoms with E-state index in [0.29, 0.717) is 6.54 Å². The number of amides is 1. The summed E-state index contributed by atoms with van der Waals surface area (Å²) in [6.07, 6.45) is 1.94. The number of hydrogen-bond donors (Lipinski definition) is 0. The van der Waals surface area contributed by atoms with Crippen LogP contribution in [-0.4, -0.2) is 42.6 Å². The average molecular weight is 373 g/mol. The van der Waals surface area contributed by atoms with Gasteiger partial charge in [-0.3, -0.25) is 9.69 Å². The number of carbonyl (C=O) groups is 1. The summed E-state index contributed by atoms with van der Waals surface area (Å²) in [5.41, 5.74) is 2.13. The number of carbonyl (C=O) groups excluding carboxylic acids is 1. The number of hydrogen-bond acceptors (Lipinski definition) is 3. The molecule has 0 N–H and O–H groups in total. The minimum absolute atomic E-state index is 0. The summed E-state index contributed by atoms with van der Waals surface area (Å²) in [6, 6.07) is 20.5. The average Bonchev–Trinajstić information content (AvgIpc) is 2.67. The summed E-state index contributed by atoms with van der Waals surface area (Å²) in [6.45, 7) is 3.85. The predicted molar refractivity (Wildman–Crippen MR) is 106 cm³/mol. The van der Waals surface area contributed by atoms with Crippen LogP contribution >= 0.6 is 12.4 Å². The van der Waals surface area contributed by atoms with Gasteiger partial charge in [-0.15, -0.1) is 12.4 Å². The fraction of sp³-hybridized carbons (Fsp3) is 0.381. The molecule has 138 valence electrons. The summed E-state index contributed by atoms with van der Waals surface area (Å²) < 4.78 is 6.05. The molecule has 2 aliphatic rings. The van der Waals surface area contributed by atoms with Crippen LogP contribution in [0.3, 0.4) is 0 Å². The Bertz CT molecular complexity index is 715. The van der Waals surface area contributed by atoms with Gasteiger partial charge >= 0.3 is 0 Å². The maximum Gasteiger partial charge on any atom is 0.253 e. The van der Waals surface area contributed by atoms with Crippen molar-refractivity contribution in [2.24, 2.45) is 0 Å². The highest BCUT2D eigenvalue weighted by molar-refractivity contribution is 5.95. The fourth-order valence-corrected chi connectivity index (χ4v) is 3.82. The zero-order valence-corrected chi connectivity index (χ0v) is 15.7. The molecule has 2 heterocycles. The van der Waals surface area contributed by atoms with Crippen LogP contribution in [0.15, 0.2) is 60.7 Å². The standard InChI is InChI=1S/C21H24N2O2.ClH/c24-20-16-25-21(17-23(20)19-9-5-2-6-10-19)11-13-22(14-12-21)15-18-7-3-1-4-8-18;/h1-10H,11-17H2;1H. The van der Waals surface area contributed by atoms with Crippen molar-refractivity contribution in [3.8, 4) is 0 Å². The molecule has 4 nitrogen and oxygen atoms in total. The quantitative estimate of drug-likeness (QED) is 0.826. The van der Waals surface area contributed by atoms with Gasteiger partial charge in [0.25, 0.3) is 5.91 Å². The zero-order valence-electron chi connectivity index (χ0n) is 14.8. The zero-order chi connectivity index (χ0) is 17.1. The van der Waals surface area contributed by atoms with E-state index >= 15 is 0 Å². The second kappa shape index (κ2) is 8.21. The molecule has 0 radical (unpaired) electrons. The van der Waals surface area contributed by atoms with Gasteiger partial charge in [0.1, 0.15) is 6.61 Å². The van der Waals surface area contributed by atoms with Crippen molar-refractivity contribution >= 4 is 24.0 Å². The van der Waals surface area contributed by atoms with Crippen LogP contribution in [0, 0.1) is 0 Å². The summed E-state index contributed by atoms with van der Waals surface area (Å²) in [5, 5.41) is 0. The van der Waals surface area contributed by atoms with Crippen molar-refractivity contribution in [2.45, 2.75) is 25.0 Å². The Morgan fingerprint density at radius 3 is 2.19 bits per heavy atom. The molecular formula is C21H25ClN2O2. The highest BCUT2D eigenvalue weighted by atomic mass is 35.5. The lowest BCUT2D eigenvalue weighted by atomic mass is 9.88.